The van der Waals surface area contributed by atoms with Crippen LogP contribution in [0.3, 0.4) is 0 Å². The van der Waals surface area contributed by atoms with Crippen molar-refractivity contribution >= 4 is 23.4 Å². The van der Waals surface area contributed by atoms with Crippen molar-refractivity contribution in [2.45, 2.75) is 25.7 Å². The van der Waals surface area contributed by atoms with Crippen molar-refractivity contribution in [3.8, 4) is 0 Å². The maximum Gasteiger partial charge on any atom is 0.253 e. The largest absolute Gasteiger partial charge is 0.341 e. The van der Waals surface area contributed by atoms with E-state index in [1.807, 2.05) is 9.80 Å². The van der Waals surface area contributed by atoms with Gasteiger partial charge in [0.15, 0.2) is 0 Å². The maximum atomic E-state index is 12.6. The Bertz CT molecular complexity index is 599. The van der Waals surface area contributed by atoms with E-state index in [0.717, 1.165) is 32.5 Å². The van der Waals surface area contributed by atoms with Crippen molar-refractivity contribution in [3.63, 3.8) is 0 Å². The first-order valence-electron chi connectivity index (χ1n) is 9.17. The zero-order valence-electron chi connectivity index (χ0n) is 14.5. The monoisotopic (exact) mass is 363 g/mol. The van der Waals surface area contributed by atoms with E-state index >= 15 is 0 Å². The SMILES string of the molecule is O=C(CCC1CCNC1)N1CCCN(C(=O)c2ccc(Cl)cc2)CC1. The van der Waals surface area contributed by atoms with Crippen LogP contribution in [0.2, 0.25) is 5.02 Å². The Balaban J connectivity index is 1.50. The lowest BCUT2D eigenvalue weighted by Crippen LogP contribution is -2.37. The number of amides is 2. The van der Waals surface area contributed by atoms with Crippen molar-refractivity contribution in [2.75, 3.05) is 39.3 Å². The molecule has 2 saturated heterocycles. The van der Waals surface area contributed by atoms with Crippen molar-refractivity contribution in [2.24, 2.45) is 5.92 Å². The molecule has 2 aliphatic heterocycles. The molecule has 1 N–H and O–H groups in total. The van der Waals surface area contributed by atoms with E-state index in [4.69, 9.17) is 11.6 Å². The second-order valence-corrected chi connectivity index (χ2v) is 7.37. The molecule has 1 aromatic rings. The summed E-state index contributed by atoms with van der Waals surface area (Å²) in [4.78, 5) is 28.9. The number of carbonyl (C=O) groups excluding carboxylic acids is 2. The first kappa shape index (κ1) is 18.2. The maximum absolute atomic E-state index is 12.6. The van der Waals surface area contributed by atoms with Crippen molar-refractivity contribution < 1.29 is 9.59 Å². The molecule has 136 valence electrons. The highest BCUT2D eigenvalue weighted by Crippen LogP contribution is 2.17. The van der Waals surface area contributed by atoms with Gasteiger partial charge in [-0.25, -0.2) is 0 Å². The third-order valence-corrected chi connectivity index (χ3v) is 5.41. The molecule has 0 aliphatic carbocycles. The van der Waals surface area contributed by atoms with Crippen LogP contribution in [0.1, 0.15) is 36.0 Å². The highest BCUT2D eigenvalue weighted by molar-refractivity contribution is 6.30. The lowest BCUT2D eigenvalue weighted by atomic mass is 10.0. The summed E-state index contributed by atoms with van der Waals surface area (Å²) in [5, 5.41) is 3.97. The third kappa shape index (κ3) is 4.95. The van der Waals surface area contributed by atoms with E-state index in [0.29, 0.717) is 42.6 Å². The minimum Gasteiger partial charge on any atom is -0.341 e. The quantitative estimate of drug-likeness (QED) is 0.893. The van der Waals surface area contributed by atoms with Gasteiger partial charge >= 0.3 is 0 Å². The summed E-state index contributed by atoms with van der Waals surface area (Å²) < 4.78 is 0. The summed E-state index contributed by atoms with van der Waals surface area (Å²) in [5.41, 5.74) is 0.651. The molecule has 25 heavy (non-hydrogen) atoms. The first-order chi connectivity index (χ1) is 12.1. The van der Waals surface area contributed by atoms with Gasteiger partial charge in [-0.2, -0.15) is 0 Å². The summed E-state index contributed by atoms with van der Waals surface area (Å²) in [7, 11) is 0. The highest BCUT2D eigenvalue weighted by atomic mass is 35.5. The summed E-state index contributed by atoms with van der Waals surface area (Å²) in [6.07, 6.45) is 3.60. The van der Waals surface area contributed by atoms with Crippen LogP contribution in [-0.4, -0.2) is 60.9 Å². The van der Waals surface area contributed by atoms with Gasteiger partial charge < -0.3 is 15.1 Å². The minimum absolute atomic E-state index is 0.0167. The average molecular weight is 364 g/mol. The van der Waals surface area contributed by atoms with Crippen LogP contribution in [0.4, 0.5) is 0 Å². The van der Waals surface area contributed by atoms with Crippen LogP contribution in [-0.2, 0) is 4.79 Å². The van der Waals surface area contributed by atoms with Crippen molar-refractivity contribution in [1.29, 1.82) is 0 Å². The Morgan fingerprint density at radius 1 is 1.08 bits per heavy atom. The van der Waals surface area contributed by atoms with E-state index < -0.39 is 0 Å². The van der Waals surface area contributed by atoms with E-state index in [-0.39, 0.29) is 11.8 Å². The van der Waals surface area contributed by atoms with Gasteiger partial charge in [0.1, 0.15) is 0 Å². The van der Waals surface area contributed by atoms with E-state index in [1.54, 1.807) is 24.3 Å². The Morgan fingerprint density at radius 3 is 2.52 bits per heavy atom. The number of nitrogens with one attached hydrogen (secondary N) is 1. The molecule has 6 heteroatoms. The lowest BCUT2D eigenvalue weighted by molar-refractivity contribution is -0.131. The van der Waals surface area contributed by atoms with Gasteiger partial charge in [-0.15, -0.1) is 0 Å². The fourth-order valence-corrected chi connectivity index (χ4v) is 3.72. The fraction of sp³-hybridized carbons (Fsp3) is 0.579. The summed E-state index contributed by atoms with van der Waals surface area (Å²) in [6, 6.07) is 6.99. The minimum atomic E-state index is 0.0167. The zero-order chi connectivity index (χ0) is 17.6. The van der Waals surface area contributed by atoms with Crippen LogP contribution >= 0.6 is 11.6 Å². The Hall–Kier alpha value is -1.59. The molecular weight excluding hydrogens is 338 g/mol. The normalized spacial score (nSPS) is 21.2. The molecule has 0 bridgehead atoms. The standard InChI is InChI=1S/C19H26ClN3O2/c20-17-5-3-16(4-6-17)19(25)23-11-1-10-22(12-13-23)18(24)7-2-15-8-9-21-14-15/h3-6,15,21H,1-2,7-14H2. The summed E-state index contributed by atoms with van der Waals surface area (Å²) >= 11 is 5.89. The molecule has 2 heterocycles. The van der Waals surface area contributed by atoms with Crippen molar-refractivity contribution in [1.82, 2.24) is 15.1 Å². The van der Waals surface area contributed by atoms with Gasteiger partial charge in [-0.1, -0.05) is 11.6 Å². The molecule has 0 radical (unpaired) electrons. The van der Waals surface area contributed by atoms with Crippen LogP contribution < -0.4 is 5.32 Å². The van der Waals surface area contributed by atoms with Crippen molar-refractivity contribution in [3.05, 3.63) is 34.9 Å². The predicted molar refractivity (Wildman–Crippen MR) is 98.8 cm³/mol. The Labute approximate surface area is 154 Å². The lowest BCUT2D eigenvalue weighted by Gasteiger charge is -2.22. The molecule has 2 aliphatic rings. The second kappa shape index (κ2) is 8.68. The second-order valence-electron chi connectivity index (χ2n) is 6.93. The number of benzene rings is 1. The third-order valence-electron chi connectivity index (χ3n) is 5.16. The molecule has 1 aromatic carbocycles. The van der Waals surface area contributed by atoms with E-state index in [1.165, 1.54) is 6.42 Å². The number of rotatable bonds is 4. The number of halogens is 1. The summed E-state index contributed by atoms with van der Waals surface area (Å²) in [6.45, 7) is 4.77. The van der Waals surface area contributed by atoms with E-state index in [2.05, 4.69) is 5.32 Å². The van der Waals surface area contributed by atoms with Gasteiger partial charge in [-0.05, 0) is 62.5 Å². The highest BCUT2D eigenvalue weighted by Gasteiger charge is 2.23. The molecule has 1 atom stereocenters. The average Bonchev–Trinajstić information content (AvgIpc) is 3.02. The van der Waals surface area contributed by atoms with Gasteiger partial charge in [0, 0.05) is 43.2 Å². The summed E-state index contributed by atoms with van der Waals surface area (Å²) in [5.74, 6) is 0.884. The Morgan fingerprint density at radius 2 is 1.80 bits per heavy atom. The van der Waals surface area contributed by atoms with Crippen LogP contribution in [0.5, 0.6) is 0 Å². The zero-order valence-corrected chi connectivity index (χ0v) is 15.3. The number of hydrogen-bond donors (Lipinski definition) is 1. The predicted octanol–water partition coefficient (Wildman–Crippen LogP) is 2.40. The van der Waals surface area contributed by atoms with Gasteiger partial charge in [-0.3, -0.25) is 9.59 Å². The van der Waals surface area contributed by atoms with E-state index in [9.17, 15) is 9.59 Å². The molecule has 1 unspecified atom stereocenters. The topological polar surface area (TPSA) is 52.7 Å². The number of hydrogen-bond acceptors (Lipinski definition) is 3. The van der Waals surface area contributed by atoms with Gasteiger partial charge in [0.25, 0.3) is 5.91 Å². The van der Waals surface area contributed by atoms with Crippen LogP contribution in [0, 0.1) is 5.92 Å². The van der Waals surface area contributed by atoms with Crippen LogP contribution in [0.25, 0.3) is 0 Å². The Kier molecular flexibility index (Phi) is 6.32. The smallest absolute Gasteiger partial charge is 0.253 e. The first-order valence-corrected chi connectivity index (χ1v) is 9.54. The number of nitrogens with zero attached hydrogens (tertiary/aromatic N) is 2. The molecular formula is C19H26ClN3O2. The van der Waals surface area contributed by atoms with Gasteiger partial charge in [0.2, 0.25) is 5.91 Å². The molecule has 0 aromatic heterocycles. The molecule has 3 rings (SSSR count). The fourth-order valence-electron chi connectivity index (χ4n) is 3.59. The molecule has 2 amide bonds. The van der Waals surface area contributed by atoms with Gasteiger partial charge in [0.05, 0.1) is 0 Å². The molecule has 5 nitrogen and oxygen atoms in total. The molecule has 2 fully saturated rings. The number of carbonyl (C=O) groups is 2. The van der Waals surface area contributed by atoms with Crippen LogP contribution in [0.15, 0.2) is 24.3 Å². The molecule has 0 spiro atoms. The molecule has 0 saturated carbocycles.